The predicted octanol–water partition coefficient (Wildman–Crippen LogP) is 2.79. The zero-order valence-corrected chi connectivity index (χ0v) is 19.4. The molecule has 0 aromatic carbocycles. The molecule has 3 aliphatic rings. The number of alkyl halides is 3. The number of carbonyl (C=O) groups excluding carboxylic acids is 2. The van der Waals surface area contributed by atoms with Gasteiger partial charge in [0, 0.05) is 32.4 Å². The van der Waals surface area contributed by atoms with Crippen LogP contribution in [-0.4, -0.2) is 88.1 Å². The zero-order valence-electron chi connectivity index (χ0n) is 19.4. The number of nitrogens with zero attached hydrogens (tertiary/aromatic N) is 4. The number of unbranched alkanes of at least 4 members (excludes halogenated alkanes) is 1. The number of aliphatic hydroxyl groups excluding tert-OH is 1. The van der Waals surface area contributed by atoms with Gasteiger partial charge in [0.2, 0.25) is 5.91 Å². The minimum Gasteiger partial charge on any atom is -0.391 e. The predicted molar refractivity (Wildman–Crippen MR) is 119 cm³/mol. The number of likely N-dealkylation sites (tertiary alicyclic amines) is 1. The van der Waals surface area contributed by atoms with Crippen LogP contribution in [0.4, 0.5) is 23.8 Å². The molecule has 3 heterocycles. The third kappa shape index (κ3) is 5.46. The first-order valence-electron chi connectivity index (χ1n) is 11.9. The van der Waals surface area contributed by atoms with E-state index in [0.29, 0.717) is 13.1 Å². The molecule has 2 aliphatic heterocycles. The highest BCUT2D eigenvalue weighted by molar-refractivity contribution is 5.93. The van der Waals surface area contributed by atoms with Crippen LogP contribution in [0.15, 0.2) is 18.3 Å². The number of pyridine rings is 1. The van der Waals surface area contributed by atoms with Gasteiger partial charge in [0.25, 0.3) is 0 Å². The summed E-state index contributed by atoms with van der Waals surface area (Å²) in [5.74, 6) is -0.389. The topological polar surface area (TPSA) is 89.0 Å². The summed E-state index contributed by atoms with van der Waals surface area (Å²) < 4.78 is 38.7. The van der Waals surface area contributed by atoms with Crippen molar-refractivity contribution in [1.82, 2.24) is 19.7 Å². The highest BCUT2D eigenvalue weighted by Gasteiger charge is 2.51. The van der Waals surface area contributed by atoms with Crippen molar-refractivity contribution in [3.8, 4) is 0 Å². The summed E-state index contributed by atoms with van der Waals surface area (Å²) in [6, 6.07) is 0.236. The number of carbonyl (C=O) groups is 2. The van der Waals surface area contributed by atoms with Crippen LogP contribution in [0.5, 0.6) is 0 Å². The normalized spacial score (nSPS) is 25.0. The molecule has 3 fully saturated rings. The van der Waals surface area contributed by atoms with Crippen LogP contribution in [0.25, 0.3) is 0 Å². The Hall–Kier alpha value is -2.40. The number of aliphatic hydroxyl groups is 1. The molecule has 8 nitrogen and oxygen atoms in total. The van der Waals surface area contributed by atoms with Gasteiger partial charge in [0.1, 0.15) is 11.9 Å². The monoisotopic (exact) mass is 483 g/mol. The van der Waals surface area contributed by atoms with Crippen LogP contribution in [0.2, 0.25) is 0 Å². The lowest BCUT2D eigenvalue weighted by Gasteiger charge is -2.39. The van der Waals surface area contributed by atoms with Crippen molar-refractivity contribution in [1.29, 1.82) is 0 Å². The Balaban J connectivity index is 1.21. The number of hydrogen-bond acceptors (Lipinski definition) is 5. The Labute approximate surface area is 197 Å². The molecule has 0 unspecified atom stereocenters. The number of aromatic nitrogens is 1. The number of piperidine rings is 1. The Kier molecular flexibility index (Phi) is 7.04. The third-order valence-electron chi connectivity index (χ3n) is 7.44. The molecule has 1 saturated carbocycles. The first-order chi connectivity index (χ1) is 16.1. The van der Waals surface area contributed by atoms with Gasteiger partial charge in [-0.05, 0) is 69.7 Å². The van der Waals surface area contributed by atoms with E-state index >= 15 is 0 Å². The molecule has 0 radical (unpaired) electrons. The Morgan fingerprint density at radius 1 is 1.21 bits per heavy atom. The maximum atomic E-state index is 12.9. The number of halogens is 3. The fraction of sp³-hybridized carbons (Fsp3) is 0.696. The standard InChI is InChI=1S/C23H32F3N5O3/c1-16-20(33)30(10-3-2-9-29-11-7-22(5-6-22)18(32)15-29)12-13-31(16)21(34)28-19-14-17(4-8-27-19)23(24,25)26/h4,8,14,16,18,32H,2-3,5-7,9-13,15H2,1H3,(H,27,28,34)/t16-,18+/m0/s1. The van der Waals surface area contributed by atoms with Crippen molar-refractivity contribution in [2.45, 2.75) is 57.3 Å². The maximum Gasteiger partial charge on any atom is 0.416 e. The molecule has 0 bridgehead atoms. The lowest BCUT2D eigenvalue weighted by molar-refractivity contribution is -0.139. The number of nitrogens with one attached hydrogen (secondary N) is 1. The summed E-state index contributed by atoms with van der Waals surface area (Å²) in [5, 5.41) is 12.7. The number of rotatable bonds is 6. The molecule has 2 atom stereocenters. The first-order valence-corrected chi connectivity index (χ1v) is 11.9. The summed E-state index contributed by atoms with van der Waals surface area (Å²) in [7, 11) is 0. The molecule has 1 aliphatic carbocycles. The van der Waals surface area contributed by atoms with E-state index in [1.165, 1.54) is 4.90 Å². The number of amides is 3. The summed E-state index contributed by atoms with van der Waals surface area (Å²) in [6.07, 6.45) is 1.31. The van der Waals surface area contributed by atoms with Crippen LogP contribution in [0, 0.1) is 5.41 Å². The maximum absolute atomic E-state index is 12.9. The van der Waals surface area contributed by atoms with Crippen LogP contribution >= 0.6 is 0 Å². The number of β-amino-alcohol motifs (C(OH)–C–C–N with tert-alkyl or cyclic N) is 1. The van der Waals surface area contributed by atoms with E-state index in [9.17, 15) is 27.9 Å². The third-order valence-corrected chi connectivity index (χ3v) is 7.44. The molecule has 3 amide bonds. The zero-order chi connectivity index (χ0) is 24.5. The molecule has 1 aromatic heterocycles. The minimum absolute atomic E-state index is 0.178. The second-order valence-electron chi connectivity index (χ2n) is 9.69. The largest absolute Gasteiger partial charge is 0.416 e. The Bertz CT molecular complexity index is 908. The highest BCUT2D eigenvalue weighted by atomic mass is 19.4. The average Bonchev–Trinajstić information content (AvgIpc) is 3.57. The molecule has 2 saturated heterocycles. The van der Waals surface area contributed by atoms with Gasteiger partial charge in [-0.2, -0.15) is 13.2 Å². The quantitative estimate of drug-likeness (QED) is 0.608. The molecular formula is C23H32F3N5O3. The van der Waals surface area contributed by atoms with Gasteiger partial charge in [0.15, 0.2) is 0 Å². The van der Waals surface area contributed by atoms with Crippen molar-refractivity contribution in [3.63, 3.8) is 0 Å². The second kappa shape index (κ2) is 9.69. The molecule has 188 valence electrons. The number of hydrogen-bond donors (Lipinski definition) is 2. The number of urea groups is 1. The van der Waals surface area contributed by atoms with Crippen molar-refractivity contribution >= 4 is 17.8 Å². The SMILES string of the molecule is C[C@H]1C(=O)N(CCCCN2CCC3(CC3)[C@H](O)C2)CCN1C(=O)Nc1cc(C(F)(F)F)ccn1. The smallest absolute Gasteiger partial charge is 0.391 e. The van der Waals surface area contributed by atoms with E-state index < -0.39 is 23.8 Å². The van der Waals surface area contributed by atoms with Gasteiger partial charge >= 0.3 is 12.2 Å². The molecule has 2 N–H and O–H groups in total. The number of piperazine rings is 1. The van der Waals surface area contributed by atoms with Crippen molar-refractivity contribution in [3.05, 3.63) is 23.9 Å². The van der Waals surface area contributed by atoms with Gasteiger partial charge in [0.05, 0.1) is 11.7 Å². The molecule has 4 rings (SSSR count). The average molecular weight is 484 g/mol. The second-order valence-corrected chi connectivity index (χ2v) is 9.69. The van der Waals surface area contributed by atoms with Crippen LogP contribution in [-0.2, 0) is 11.0 Å². The lowest BCUT2D eigenvalue weighted by atomic mass is 9.90. The van der Waals surface area contributed by atoms with E-state index in [0.717, 1.165) is 70.1 Å². The number of anilines is 1. The van der Waals surface area contributed by atoms with Crippen molar-refractivity contribution in [2.24, 2.45) is 5.41 Å². The van der Waals surface area contributed by atoms with Gasteiger partial charge in [-0.1, -0.05) is 0 Å². The highest BCUT2D eigenvalue weighted by Crippen LogP contribution is 2.53. The van der Waals surface area contributed by atoms with Crippen LogP contribution in [0.3, 0.4) is 0 Å². The molecular weight excluding hydrogens is 451 g/mol. The summed E-state index contributed by atoms with van der Waals surface area (Å²) in [6.45, 7) is 5.51. The van der Waals surface area contributed by atoms with E-state index in [1.54, 1.807) is 11.8 Å². The molecule has 34 heavy (non-hydrogen) atoms. The fourth-order valence-electron chi connectivity index (χ4n) is 4.95. The lowest BCUT2D eigenvalue weighted by Crippen LogP contribution is -2.58. The Morgan fingerprint density at radius 2 is 1.94 bits per heavy atom. The van der Waals surface area contributed by atoms with E-state index in [-0.39, 0.29) is 29.8 Å². The summed E-state index contributed by atoms with van der Waals surface area (Å²) in [4.78, 5) is 34.5. The van der Waals surface area contributed by atoms with Gasteiger partial charge in [-0.3, -0.25) is 10.1 Å². The van der Waals surface area contributed by atoms with E-state index in [1.807, 2.05) is 0 Å². The molecule has 1 aromatic rings. The van der Waals surface area contributed by atoms with Gasteiger partial charge < -0.3 is 19.8 Å². The van der Waals surface area contributed by atoms with Crippen LogP contribution in [0.1, 0.15) is 44.6 Å². The molecule has 1 spiro atoms. The molecule has 11 heteroatoms. The summed E-state index contributed by atoms with van der Waals surface area (Å²) >= 11 is 0. The summed E-state index contributed by atoms with van der Waals surface area (Å²) in [5.41, 5.74) is -0.708. The Morgan fingerprint density at radius 3 is 2.62 bits per heavy atom. The van der Waals surface area contributed by atoms with Crippen molar-refractivity contribution < 1.29 is 27.9 Å². The van der Waals surface area contributed by atoms with E-state index in [4.69, 9.17) is 0 Å². The van der Waals surface area contributed by atoms with Crippen LogP contribution < -0.4 is 5.32 Å². The van der Waals surface area contributed by atoms with Crippen molar-refractivity contribution in [2.75, 3.05) is 44.6 Å². The fourth-order valence-corrected chi connectivity index (χ4v) is 4.95. The van der Waals surface area contributed by atoms with Gasteiger partial charge in [-0.25, -0.2) is 9.78 Å². The minimum atomic E-state index is -4.54. The van der Waals surface area contributed by atoms with Gasteiger partial charge in [-0.15, -0.1) is 0 Å². The van der Waals surface area contributed by atoms with E-state index in [2.05, 4.69) is 15.2 Å². The first kappa shape index (κ1) is 24.7.